The summed E-state index contributed by atoms with van der Waals surface area (Å²) in [5, 5.41) is 2.82. The molecule has 104 valence electrons. The molecule has 0 unspecified atom stereocenters. The lowest BCUT2D eigenvalue weighted by atomic mass is 10.3. The molecule has 0 aliphatic rings. The number of hydrogen-bond donors (Lipinski definition) is 2. The van der Waals surface area contributed by atoms with Crippen LogP contribution in [-0.4, -0.2) is 16.6 Å². The number of pyridine rings is 1. The molecule has 0 fully saturated rings. The molecule has 7 heteroatoms. The van der Waals surface area contributed by atoms with Crippen LogP contribution in [0.15, 0.2) is 41.4 Å². The molecule has 2 rings (SSSR count). The Morgan fingerprint density at radius 1 is 1.45 bits per heavy atom. The van der Waals surface area contributed by atoms with Gasteiger partial charge in [0, 0.05) is 16.8 Å². The third kappa shape index (κ3) is 3.85. The van der Waals surface area contributed by atoms with E-state index < -0.39 is 5.82 Å². The van der Waals surface area contributed by atoms with Crippen LogP contribution in [0, 0.1) is 5.82 Å². The largest absolute Gasteiger partial charge is 0.399 e. The lowest BCUT2D eigenvalue weighted by Gasteiger charge is -2.07. The van der Waals surface area contributed by atoms with Crippen molar-refractivity contribution in [2.45, 2.75) is 4.90 Å². The second-order valence-electron chi connectivity index (χ2n) is 3.87. The van der Waals surface area contributed by atoms with Gasteiger partial charge in [0.25, 0.3) is 0 Å². The van der Waals surface area contributed by atoms with E-state index in [9.17, 15) is 9.18 Å². The highest BCUT2D eigenvalue weighted by molar-refractivity contribution is 8.00. The van der Waals surface area contributed by atoms with Gasteiger partial charge in [0.05, 0.1) is 11.4 Å². The minimum absolute atomic E-state index is 0.0616. The Morgan fingerprint density at radius 2 is 2.25 bits per heavy atom. The fourth-order valence-corrected chi connectivity index (χ4v) is 2.33. The second-order valence-corrected chi connectivity index (χ2v) is 5.24. The van der Waals surface area contributed by atoms with Crippen molar-refractivity contribution in [3.05, 3.63) is 47.5 Å². The van der Waals surface area contributed by atoms with E-state index in [1.54, 1.807) is 24.3 Å². The second kappa shape index (κ2) is 6.58. The van der Waals surface area contributed by atoms with Crippen molar-refractivity contribution in [1.29, 1.82) is 0 Å². The van der Waals surface area contributed by atoms with Gasteiger partial charge in [0.1, 0.15) is 5.82 Å². The summed E-state index contributed by atoms with van der Waals surface area (Å²) < 4.78 is 13.5. The smallest absolute Gasteiger partial charge is 0.234 e. The molecule has 0 aliphatic carbocycles. The molecule has 20 heavy (non-hydrogen) atoms. The number of aromatic nitrogens is 1. The first-order valence-electron chi connectivity index (χ1n) is 5.64. The average Bonchev–Trinajstić information content (AvgIpc) is 2.40. The first kappa shape index (κ1) is 14.6. The van der Waals surface area contributed by atoms with E-state index in [4.69, 9.17) is 17.3 Å². The summed E-state index contributed by atoms with van der Waals surface area (Å²) in [6, 6.07) is 7.65. The van der Waals surface area contributed by atoms with Gasteiger partial charge in [-0.25, -0.2) is 9.37 Å². The van der Waals surface area contributed by atoms with E-state index >= 15 is 0 Å². The Morgan fingerprint density at radius 3 is 2.95 bits per heavy atom. The fourth-order valence-electron chi connectivity index (χ4n) is 1.44. The minimum Gasteiger partial charge on any atom is -0.399 e. The number of anilines is 2. The molecule has 0 bridgehead atoms. The summed E-state index contributed by atoms with van der Waals surface area (Å²) in [7, 11) is 0. The first-order valence-corrected chi connectivity index (χ1v) is 7.01. The van der Waals surface area contributed by atoms with Crippen molar-refractivity contribution in [2.24, 2.45) is 0 Å². The van der Waals surface area contributed by atoms with Crippen LogP contribution in [-0.2, 0) is 4.79 Å². The maximum Gasteiger partial charge on any atom is 0.234 e. The van der Waals surface area contributed by atoms with Gasteiger partial charge in [-0.2, -0.15) is 0 Å². The number of nitrogens with two attached hydrogens (primary N) is 1. The van der Waals surface area contributed by atoms with Gasteiger partial charge < -0.3 is 11.1 Å². The van der Waals surface area contributed by atoms with Crippen molar-refractivity contribution in [1.82, 2.24) is 4.98 Å². The Labute approximate surface area is 124 Å². The number of rotatable bonds is 4. The lowest BCUT2D eigenvalue weighted by molar-refractivity contribution is -0.113. The van der Waals surface area contributed by atoms with Crippen LogP contribution in [0.5, 0.6) is 0 Å². The molecule has 2 aromatic rings. The van der Waals surface area contributed by atoms with E-state index in [1.807, 2.05) is 0 Å². The molecule has 0 aliphatic heterocycles. The van der Waals surface area contributed by atoms with Crippen LogP contribution in [0.1, 0.15) is 0 Å². The van der Waals surface area contributed by atoms with Crippen LogP contribution < -0.4 is 11.1 Å². The first-order chi connectivity index (χ1) is 9.56. The van der Waals surface area contributed by atoms with Gasteiger partial charge in [-0.3, -0.25) is 4.79 Å². The number of nitrogens with zero attached hydrogens (tertiary/aromatic N) is 1. The Hall–Kier alpha value is -1.79. The monoisotopic (exact) mass is 311 g/mol. The van der Waals surface area contributed by atoms with Crippen molar-refractivity contribution in [2.75, 3.05) is 16.8 Å². The zero-order chi connectivity index (χ0) is 14.5. The van der Waals surface area contributed by atoms with Crippen LogP contribution in [0.25, 0.3) is 0 Å². The SMILES string of the molecule is Nc1ccc(SCC(=O)Nc2cccnc2Cl)c(F)c1. The number of thioether (sulfide) groups is 1. The maximum absolute atomic E-state index is 13.5. The number of nitrogens with one attached hydrogen (secondary N) is 1. The van der Waals surface area contributed by atoms with E-state index in [0.29, 0.717) is 16.3 Å². The van der Waals surface area contributed by atoms with E-state index in [-0.39, 0.29) is 16.8 Å². The number of nitrogen functional groups attached to an aromatic ring is 1. The summed E-state index contributed by atoms with van der Waals surface area (Å²) in [4.78, 5) is 16.0. The molecular formula is C13H11ClFN3OS. The fraction of sp³-hybridized carbons (Fsp3) is 0.0769. The minimum atomic E-state index is -0.442. The summed E-state index contributed by atoms with van der Waals surface area (Å²) in [6.07, 6.45) is 1.52. The highest BCUT2D eigenvalue weighted by Gasteiger charge is 2.09. The molecule has 1 aromatic carbocycles. The molecule has 4 nitrogen and oxygen atoms in total. The van der Waals surface area contributed by atoms with E-state index in [2.05, 4.69) is 10.3 Å². The van der Waals surface area contributed by atoms with Gasteiger partial charge >= 0.3 is 0 Å². The Bertz CT molecular complexity index is 639. The molecule has 3 N–H and O–H groups in total. The molecule has 0 saturated heterocycles. The van der Waals surface area contributed by atoms with Gasteiger partial charge in [-0.1, -0.05) is 11.6 Å². The summed E-state index contributed by atoms with van der Waals surface area (Å²) in [5.74, 6) is -0.671. The van der Waals surface area contributed by atoms with Crippen LogP contribution in [0.4, 0.5) is 15.8 Å². The van der Waals surface area contributed by atoms with Gasteiger partial charge in [-0.15, -0.1) is 11.8 Å². The topological polar surface area (TPSA) is 68.0 Å². The van der Waals surface area contributed by atoms with E-state index in [1.165, 1.54) is 12.3 Å². The standard InChI is InChI=1S/C13H11ClFN3OS/c14-13-10(2-1-5-17-13)18-12(19)7-20-11-4-3-8(16)6-9(11)15/h1-6H,7,16H2,(H,18,19). The zero-order valence-corrected chi connectivity index (χ0v) is 11.8. The number of amides is 1. The number of carbonyl (C=O) groups excluding carboxylic acids is 1. The van der Waals surface area contributed by atoms with E-state index in [0.717, 1.165) is 11.8 Å². The van der Waals surface area contributed by atoms with Crippen LogP contribution >= 0.6 is 23.4 Å². The lowest BCUT2D eigenvalue weighted by Crippen LogP contribution is -2.14. The summed E-state index contributed by atoms with van der Waals surface area (Å²) in [5.41, 5.74) is 6.23. The average molecular weight is 312 g/mol. The molecule has 0 radical (unpaired) electrons. The molecule has 1 aromatic heterocycles. The third-order valence-corrected chi connectivity index (χ3v) is 3.70. The third-order valence-electron chi connectivity index (χ3n) is 2.35. The summed E-state index contributed by atoms with van der Waals surface area (Å²) in [6.45, 7) is 0. The van der Waals surface area contributed by atoms with Crippen molar-refractivity contribution >= 4 is 40.6 Å². The number of halogens is 2. The van der Waals surface area contributed by atoms with Crippen molar-refractivity contribution in [3.8, 4) is 0 Å². The predicted molar refractivity (Wildman–Crippen MR) is 79.4 cm³/mol. The maximum atomic E-state index is 13.5. The number of carbonyl (C=O) groups is 1. The molecule has 1 heterocycles. The van der Waals surface area contributed by atoms with Crippen molar-refractivity contribution < 1.29 is 9.18 Å². The Kier molecular flexibility index (Phi) is 4.81. The van der Waals surface area contributed by atoms with Crippen molar-refractivity contribution in [3.63, 3.8) is 0 Å². The summed E-state index contributed by atoms with van der Waals surface area (Å²) >= 11 is 6.90. The van der Waals surface area contributed by atoms with Gasteiger partial charge in [0.2, 0.25) is 5.91 Å². The van der Waals surface area contributed by atoms with Crippen LogP contribution in [0.3, 0.4) is 0 Å². The van der Waals surface area contributed by atoms with Gasteiger partial charge in [0.15, 0.2) is 5.15 Å². The number of benzene rings is 1. The highest BCUT2D eigenvalue weighted by atomic mass is 35.5. The highest BCUT2D eigenvalue weighted by Crippen LogP contribution is 2.24. The molecule has 1 amide bonds. The molecule has 0 spiro atoms. The Balaban J connectivity index is 1.94. The zero-order valence-electron chi connectivity index (χ0n) is 10.3. The van der Waals surface area contributed by atoms with Crippen LogP contribution in [0.2, 0.25) is 5.15 Å². The predicted octanol–water partition coefficient (Wildman–Crippen LogP) is 3.19. The quantitative estimate of drug-likeness (QED) is 0.517. The number of hydrogen-bond acceptors (Lipinski definition) is 4. The van der Waals surface area contributed by atoms with Gasteiger partial charge in [-0.05, 0) is 30.3 Å². The normalized spacial score (nSPS) is 10.3. The molecule has 0 saturated carbocycles. The molecule has 0 atom stereocenters. The molecular weight excluding hydrogens is 301 g/mol.